The second-order valence-corrected chi connectivity index (χ2v) is 2.72. The van der Waals surface area contributed by atoms with Crippen LogP contribution < -0.4 is 0 Å². The molecule has 2 heteroatoms. The SMILES string of the molecule is C1=CC2CCC1C2.CO.CO. The summed E-state index contributed by atoms with van der Waals surface area (Å²) in [6, 6.07) is 0. The van der Waals surface area contributed by atoms with E-state index in [4.69, 9.17) is 10.2 Å². The normalized spacial score (nSPS) is 30.2. The van der Waals surface area contributed by atoms with Crippen molar-refractivity contribution in [3.63, 3.8) is 0 Å². The lowest BCUT2D eigenvalue weighted by molar-refractivity contribution is 0.399. The highest BCUT2D eigenvalue weighted by molar-refractivity contribution is 5.06. The van der Waals surface area contributed by atoms with Gasteiger partial charge in [0.1, 0.15) is 0 Å². The zero-order chi connectivity index (χ0) is 8.69. The van der Waals surface area contributed by atoms with Crippen LogP contribution in [0.5, 0.6) is 0 Å². The number of hydrogen-bond acceptors (Lipinski definition) is 2. The Kier molecular flexibility index (Phi) is 6.18. The fourth-order valence-corrected chi connectivity index (χ4v) is 1.72. The van der Waals surface area contributed by atoms with Crippen molar-refractivity contribution in [2.45, 2.75) is 19.3 Å². The van der Waals surface area contributed by atoms with Crippen molar-refractivity contribution in [3.05, 3.63) is 12.2 Å². The monoisotopic (exact) mass is 158 g/mol. The molecule has 2 N–H and O–H groups in total. The van der Waals surface area contributed by atoms with Gasteiger partial charge in [0.2, 0.25) is 0 Å². The quantitative estimate of drug-likeness (QED) is 0.520. The van der Waals surface area contributed by atoms with Crippen LogP contribution in [0.15, 0.2) is 12.2 Å². The van der Waals surface area contributed by atoms with Gasteiger partial charge in [0.15, 0.2) is 0 Å². The minimum atomic E-state index is 0.991. The van der Waals surface area contributed by atoms with E-state index in [9.17, 15) is 0 Å². The van der Waals surface area contributed by atoms with Crippen LogP contribution in [-0.2, 0) is 0 Å². The standard InChI is InChI=1S/C7H10.2CH4O/c1-2-7-4-3-6(1)5-7;2*1-2/h1-2,6-7H,3-5H2;2*2H,1H3. The molecule has 0 aromatic heterocycles. The predicted octanol–water partition coefficient (Wildman–Crippen LogP) is 1.19. The van der Waals surface area contributed by atoms with Crippen molar-refractivity contribution in [1.29, 1.82) is 0 Å². The Morgan fingerprint density at radius 2 is 1.27 bits per heavy atom. The number of hydrogen-bond donors (Lipinski definition) is 2. The van der Waals surface area contributed by atoms with Crippen LogP contribution in [-0.4, -0.2) is 24.4 Å². The average molecular weight is 158 g/mol. The first-order valence-corrected chi connectivity index (χ1v) is 4.03. The van der Waals surface area contributed by atoms with Crippen molar-refractivity contribution in [2.24, 2.45) is 11.8 Å². The maximum atomic E-state index is 7.00. The molecule has 2 aliphatic carbocycles. The average Bonchev–Trinajstić information content (AvgIpc) is 2.74. The summed E-state index contributed by atoms with van der Waals surface area (Å²) in [4.78, 5) is 0. The second-order valence-electron chi connectivity index (χ2n) is 2.72. The predicted molar refractivity (Wildman–Crippen MR) is 46.3 cm³/mol. The van der Waals surface area contributed by atoms with E-state index in [2.05, 4.69) is 12.2 Å². The molecule has 2 bridgehead atoms. The van der Waals surface area contributed by atoms with E-state index in [0.29, 0.717) is 0 Å². The Balaban J connectivity index is 0.000000222. The largest absolute Gasteiger partial charge is 0.400 e. The molecule has 2 nitrogen and oxygen atoms in total. The van der Waals surface area contributed by atoms with E-state index >= 15 is 0 Å². The van der Waals surface area contributed by atoms with Crippen LogP contribution >= 0.6 is 0 Å². The topological polar surface area (TPSA) is 40.5 Å². The summed E-state index contributed by atoms with van der Waals surface area (Å²) >= 11 is 0. The molecule has 0 aliphatic heterocycles. The number of allylic oxidation sites excluding steroid dienone is 2. The highest BCUT2D eigenvalue weighted by Crippen LogP contribution is 2.38. The zero-order valence-electron chi connectivity index (χ0n) is 7.33. The van der Waals surface area contributed by atoms with Gasteiger partial charge >= 0.3 is 0 Å². The van der Waals surface area contributed by atoms with E-state index in [1.54, 1.807) is 0 Å². The van der Waals surface area contributed by atoms with E-state index in [-0.39, 0.29) is 0 Å². The van der Waals surface area contributed by atoms with Gasteiger partial charge in [0, 0.05) is 14.2 Å². The van der Waals surface area contributed by atoms with E-state index in [0.717, 1.165) is 26.1 Å². The van der Waals surface area contributed by atoms with Gasteiger partial charge in [0.25, 0.3) is 0 Å². The van der Waals surface area contributed by atoms with Gasteiger partial charge in [0.05, 0.1) is 0 Å². The first-order chi connectivity index (χ1) is 5.45. The maximum absolute atomic E-state index is 7.00. The van der Waals surface area contributed by atoms with Gasteiger partial charge in [-0.25, -0.2) is 0 Å². The highest BCUT2D eigenvalue weighted by atomic mass is 16.2. The molecule has 0 spiro atoms. The van der Waals surface area contributed by atoms with Crippen LogP contribution in [0.2, 0.25) is 0 Å². The smallest absolute Gasteiger partial charge is 0.0319 e. The molecule has 0 heterocycles. The molecule has 1 fully saturated rings. The minimum Gasteiger partial charge on any atom is -0.400 e. The molecule has 0 saturated heterocycles. The molecular weight excluding hydrogens is 140 g/mol. The number of aliphatic hydroxyl groups excluding tert-OH is 2. The van der Waals surface area contributed by atoms with Gasteiger partial charge in [-0.1, -0.05) is 12.2 Å². The Bertz CT molecular complexity index is 98.1. The van der Waals surface area contributed by atoms with Gasteiger partial charge in [-0.05, 0) is 31.1 Å². The van der Waals surface area contributed by atoms with Crippen LogP contribution in [0.1, 0.15) is 19.3 Å². The minimum absolute atomic E-state index is 0.991. The van der Waals surface area contributed by atoms with Crippen LogP contribution in [0.25, 0.3) is 0 Å². The second kappa shape index (κ2) is 6.38. The van der Waals surface area contributed by atoms with Gasteiger partial charge < -0.3 is 10.2 Å². The lowest BCUT2D eigenvalue weighted by Crippen LogP contribution is -1.82. The Morgan fingerprint density at radius 1 is 0.909 bits per heavy atom. The summed E-state index contributed by atoms with van der Waals surface area (Å²) < 4.78 is 0. The van der Waals surface area contributed by atoms with Crippen LogP contribution in [0.3, 0.4) is 0 Å². The molecular formula is C9H18O2. The van der Waals surface area contributed by atoms with Crippen molar-refractivity contribution >= 4 is 0 Å². The molecule has 1 saturated carbocycles. The molecule has 2 unspecified atom stereocenters. The Hall–Kier alpha value is -0.340. The van der Waals surface area contributed by atoms with E-state index in [1.165, 1.54) is 19.3 Å². The van der Waals surface area contributed by atoms with E-state index in [1.807, 2.05) is 0 Å². The molecule has 2 atom stereocenters. The summed E-state index contributed by atoms with van der Waals surface area (Å²) in [7, 11) is 2.00. The highest BCUT2D eigenvalue weighted by Gasteiger charge is 2.25. The van der Waals surface area contributed by atoms with Gasteiger partial charge in [-0.15, -0.1) is 0 Å². The number of fused-ring (bicyclic) bond motifs is 2. The summed E-state index contributed by atoms with van der Waals surface area (Å²) in [5.41, 5.74) is 0. The fourth-order valence-electron chi connectivity index (χ4n) is 1.72. The molecule has 66 valence electrons. The third-order valence-corrected chi connectivity index (χ3v) is 2.17. The van der Waals surface area contributed by atoms with Crippen molar-refractivity contribution in [1.82, 2.24) is 0 Å². The summed E-state index contributed by atoms with van der Waals surface area (Å²) in [6.45, 7) is 0. The first kappa shape index (κ1) is 10.7. The zero-order valence-corrected chi connectivity index (χ0v) is 7.33. The van der Waals surface area contributed by atoms with Crippen LogP contribution in [0.4, 0.5) is 0 Å². The number of rotatable bonds is 0. The molecule has 11 heavy (non-hydrogen) atoms. The summed E-state index contributed by atoms with van der Waals surface area (Å²) in [6.07, 6.45) is 9.19. The van der Waals surface area contributed by atoms with Crippen LogP contribution in [0, 0.1) is 11.8 Å². The maximum Gasteiger partial charge on any atom is 0.0319 e. The molecule has 0 radical (unpaired) electrons. The van der Waals surface area contributed by atoms with Gasteiger partial charge in [-0.2, -0.15) is 0 Å². The summed E-state index contributed by atoms with van der Waals surface area (Å²) in [5, 5.41) is 14.0. The lowest BCUT2D eigenvalue weighted by Gasteiger charge is -1.96. The van der Waals surface area contributed by atoms with E-state index < -0.39 is 0 Å². The molecule has 0 aromatic rings. The third kappa shape index (κ3) is 3.04. The number of aliphatic hydroxyl groups is 2. The van der Waals surface area contributed by atoms with Gasteiger partial charge in [-0.3, -0.25) is 0 Å². The Labute approximate surface area is 68.6 Å². The summed E-state index contributed by atoms with van der Waals surface area (Å²) in [5.74, 6) is 1.98. The molecule has 2 rings (SSSR count). The third-order valence-electron chi connectivity index (χ3n) is 2.17. The lowest BCUT2D eigenvalue weighted by atomic mass is 10.1. The van der Waals surface area contributed by atoms with Crippen molar-refractivity contribution in [2.75, 3.05) is 14.2 Å². The molecule has 0 amide bonds. The first-order valence-electron chi connectivity index (χ1n) is 4.03. The fraction of sp³-hybridized carbons (Fsp3) is 0.778. The van der Waals surface area contributed by atoms with Crippen molar-refractivity contribution in [3.8, 4) is 0 Å². The molecule has 0 aromatic carbocycles. The van der Waals surface area contributed by atoms with Crippen molar-refractivity contribution < 1.29 is 10.2 Å². The Morgan fingerprint density at radius 3 is 1.36 bits per heavy atom. The molecule has 2 aliphatic rings.